The third-order valence-electron chi connectivity index (χ3n) is 3.78. The van der Waals surface area contributed by atoms with Gasteiger partial charge < -0.3 is 4.90 Å². The molecule has 2 aromatic carbocycles. The molecule has 1 aromatic heterocycles. The lowest BCUT2D eigenvalue weighted by atomic mass is 10.1. The van der Waals surface area contributed by atoms with Crippen molar-refractivity contribution in [2.45, 2.75) is 18.7 Å². The zero-order valence-corrected chi connectivity index (χ0v) is 13.1. The lowest BCUT2D eigenvalue weighted by Crippen LogP contribution is -2.30. The zero-order chi connectivity index (χ0) is 14.9. The topological polar surface area (TPSA) is 34.0 Å². The molecule has 5 heteroatoms. The van der Waals surface area contributed by atoms with E-state index in [1.807, 2.05) is 6.07 Å². The second-order valence-electron chi connectivity index (χ2n) is 5.39. The maximum absolute atomic E-state index is 4.40. The molecule has 2 heterocycles. The Bertz CT molecular complexity index is 797. The van der Waals surface area contributed by atoms with Gasteiger partial charge in [0.1, 0.15) is 0 Å². The van der Waals surface area contributed by atoms with Crippen molar-refractivity contribution in [3.8, 4) is 11.4 Å². The predicted molar refractivity (Wildman–Crippen MR) is 89.8 cm³/mol. The van der Waals surface area contributed by atoms with Gasteiger partial charge in [0, 0.05) is 11.3 Å². The maximum atomic E-state index is 4.40. The van der Waals surface area contributed by atoms with E-state index in [1.54, 1.807) is 11.8 Å². The molecule has 0 N–H and O–H groups in total. The van der Waals surface area contributed by atoms with E-state index >= 15 is 0 Å². The van der Waals surface area contributed by atoms with Crippen molar-refractivity contribution in [1.82, 2.24) is 14.8 Å². The van der Waals surface area contributed by atoms with Gasteiger partial charge in [-0.3, -0.25) is 4.57 Å². The van der Waals surface area contributed by atoms with Crippen molar-refractivity contribution in [2.24, 2.45) is 0 Å². The summed E-state index contributed by atoms with van der Waals surface area (Å²) in [6.07, 6.45) is 0. The number of benzene rings is 2. The first kappa shape index (κ1) is 13.4. The summed E-state index contributed by atoms with van der Waals surface area (Å²) in [5, 5.41) is 9.73. The molecule has 0 bridgehead atoms. The van der Waals surface area contributed by atoms with E-state index in [0.29, 0.717) is 0 Å². The number of thioether (sulfide) groups is 1. The number of hydrogen-bond acceptors (Lipinski definition) is 4. The summed E-state index contributed by atoms with van der Waals surface area (Å²) in [6, 6.07) is 18.9. The summed E-state index contributed by atoms with van der Waals surface area (Å²) in [6.45, 7) is 2.88. The molecule has 4 rings (SSSR count). The molecule has 0 fully saturated rings. The Morgan fingerprint density at radius 1 is 1.00 bits per heavy atom. The van der Waals surface area contributed by atoms with E-state index in [0.717, 1.165) is 29.1 Å². The van der Waals surface area contributed by atoms with Crippen LogP contribution < -0.4 is 4.90 Å². The van der Waals surface area contributed by atoms with Crippen LogP contribution in [0.15, 0.2) is 59.8 Å². The lowest BCUT2D eigenvalue weighted by molar-refractivity contribution is 0.608. The largest absolute Gasteiger partial charge is 0.344 e. The minimum absolute atomic E-state index is 0.780. The first-order valence-corrected chi connectivity index (χ1v) is 8.23. The summed E-state index contributed by atoms with van der Waals surface area (Å²) in [5.74, 6) is 1.84. The Hall–Kier alpha value is -2.27. The highest BCUT2D eigenvalue weighted by Gasteiger charge is 2.22. The van der Waals surface area contributed by atoms with Crippen LogP contribution in [0.5, 0.6) is 0 Å². The number of hydrogen-bond donors (Lipinski definition) is 0. The van der Waals surface area contributed by atoms with Crippen LogP contribution in [0.3, 0.4) is 0 Å². The van der Waals surface area contributed by atoms with E-state index in [4.69, 9.17) is 0 Å². The summed E-state index contributed by atoms with van der Waals surface area (Å²) in [5.41, 5.74) is 3.58. The number of aromatic nitrogens is 3. The van der Waals surface area contributed by atoms with E-state index < -0.39 is 0 Å². The molecule has 0 atom stereocenters. The molecule has 0 saturated heterocycles. The van der Waals surface area contributed by atoms with Crippen LogP contribution in [-0.4, -0.2) is 20.6 Å². The van der Waals surface area contributed by atoms with Gasteiger partial charge in [-0.2, -0.15) is 0 Å². The fraction of sp³-hybridized carbons (Fsp3) is 0.176. The molecule has 0 spiro atoms. The molecule has 1 aliphatic heterocycles. The van der Waals surface area contributed by atoms with E-state index in [2.05, 4.69) is 75.1 Å². The quantitative estimate of drug-likeness (QED) is 0.721. The van der Waals surface area contributed by atoms with Crippen LogP contribution in [0, 0.1) is 6.92 Å². The van der Waals surface area contributed by atoms with E-state index in [-0.39, 0.29) is 0 Å². The molecule has 0 unspecified atom stereocenters. The molecular weight excluding hydrogens is 292 g/mol. The van der Waals surface area contributed by atoms with Crippen molar-refractivity contribution in [2.75, 3.05) is 10.8 Å². The standard InChI is InChI=1S/C17H16N4S/c1-13-6-5-7-14(10-13)16-18-19-17-21(16)11-20(12-22-17)15-8-3-2-4-9-15/h2-10H,11-12H2,1H3. The average Bonchev–Trinajstić information content (AvgIpc) is 2.99. The van der Waals surface area contributed by atoms with Gasteiger partial charge in [0.15, 0.2) is 11.0 Å². The Morgan fingerprint density at radius 2 is 1.86 bits per heavy atom. The number of nitrogens with zero attached hydrogens (tertiary/aromatic N) is 4. The van der Waals surface area contributed by atoms with Crippen molar-refractivity contribution < 1.29 is 0 Å². The van der Waals surface area contributed by atoms with Crippen LogP contribution in [0.2, 0.25) is 0 Å². The summed E-state index contributed by atoms with van der Waals surface area (Å²) in [4.78, 5) is 2.33. The third kappa shape index (κ3) is 2.37. The minimum Gasteiger partial charge on any atom is -0.344 e. The monoisotopic (exact) mass is 308 g/mol. The first-order chi connectivity index (χ1) is 10.8. The highest BCUT2D eigenvalue weighted by molar-refractivity contribution is 7.99. The van der Waals surface area contributed by atoms with Gasteiger partial charge in [-0.15, -0.1) is 10.2 Å². The van der Waals surface area contributed by atoms with Crippen molar-refractivity contribution in [1.29, 1.82) is 0 Å². The molecule has 1 aliphatic rings. The highest BCUT2D eigenvalue weighted by Crippen LogP contribution is 2.31. The number of aryl methyl sites for hydroxylation is 1. The molecule has 0 aliphatic carbocycles. The van der Waals surface area contributed by atoms with Gasteiger partial charge in [0.2, 0.25) is 0 Å². The second kappa shape index (κ2) is 5.50. The van der Waals surface area contributed by atoms with Crippen LogP contribution in [0.4, 0.5) is 5.69 Å². The van der Waals surface area contributed by atoms with Crippen molar-refractivity contribution in [3.05, 3.63) is 60.2 Å². The molecule has 110 valence electrons. The fourth-order valence-electron chi connectivity index (χ4n) is 2.66. The maximum Gasteiger partial charge on any atom is 0.194 e. The van der Waals surface area contributed by atoms with Gasteiger partial charge in [0.25, 0.3) is 0 Å². The lowest BCUT2D eigenvalue weighted by Gasteiger charge is -2.29. The number of rotatable bonds is 2. The molecule has 22 heavy (non-hydrogen) atoms. The molecule has 4 nitrogen and oxygen atoms in total. The van der Waals surface area contributed by atoms with Gasteiger partial charge >= 0.3 is 0 Å². The Labute approximate surface area is 133 Å². The number of para-hydroxylation sites is 1. The summed E-state index contributed by atoms with van der Waals surface area (Å²) >= 11 is 1.73. The zero-order valence-electron chi connectivity index (χ0n) is 12.3. The van der Waals surface area contributed by atoms with Crippen LogP contribution >= 0.6 is 11.8 Å². The smallest absolute Gasteiger partial charge is 0.194 e. The molecule has 0 amide bonds. The van der Waals surface area contributed by atoms with Crippen LogP contribution in [-0.2, 0) is 6.67 Å². The van der Waals surface area contributed by atoms with Gasteiger partial charge in [-0.25, -0.2) is 0 Å². The number of fused-ring (bicyclic) bond motifs is 1. The second-order valence-corrected chi connectivity index (χ2v) is 6.31. The molecule has 3 aromatic rings. The fourth-order valence-corrected chi connectivity index (χ4v) is 3.56. The van der Waals surface area contributed by atoms with Crippen LogP contribution in [0.25, 0.3) is 11.4 Å². The Kier molecular flexibility index (Phi) is 3.35. The molecule has 0 saturated carbocycles. The Morgan fingerprint density at radius 3 is 2.68 bits per heavy atom. The highest BCUT2D eigenvalue weighted by atomic mass is 32.2. The summed E-state index contributed by atoms with van der Waals surface area (Å²) < 4.78 is 2.19. The molecule has 0 radical (unpaired) electrons. The van der Waals surface area contributed by atoms with E-state index in [1.165, 1.54) is 11.3 Å². The van der Waals surface area contributed by atoms with E-state index in [9.17, 15) is 0 Å². The summed E-state index contributed by atoms with van der Waals surface area (Å²) in [7, 11) is 0. The third-order valence-corrected chi connectivity index (χ3v) is 4.78. The predicted octanol–water partition coefficient (Wildman–Crippen LogP) is 3.78. The first-order valence-electron chi connectivity index (χ1n) is 7.24. The number of anilines is 1. The van der Waals surface area contributed by atoms with Crippen LogP contribution in [0.1, 0.15) is 5.56 Å². The molecular formula is C17H16N4S. The van der Waals surface area contributed by atoms with Gasteiger partial charge in [0.05, 0.1) is 12.5 Å². The minimum atomic E-state index is 0.780. The normalized spacial score (nSPS) is 14.0. The Balaban J connectivity index is 1.71. The average molecular weight is 308 g/mol. The van der Waals surface area contributed by atoms with Gasteiger partial charge in [-0.1, -0.05) is 53.7 Å². The van der Waals surface area contributed by atoms with Crippen molar-refractivity contribution in [3.63, 3.8) is 0 Å². The van der Waals surface area contributed by atoms with Gasteiger partial charge in [-0.05, 0) is 25.1 Å². The van der Waals surface area contributed by atoms with Crippen molar-refractivity contribution >= 4 is 17.4 Å². The SMILES string of the molecule is Cc1cccc(-c2nnc3n2CN(c2ccccc2)CS3)c1.